The Balaban J connectivity index is 4.30. The van der Waals surface area contributed by atoms with Crippen LogP contribution in [0.2, 0.25) is 0 Å². The van der Waals surface area contributed by atoms with Gasteiger partial charge in [0.05, 0.1) is 0 Å². The predicted molar refractivity (Wildman–Crippen MR) is 34.4 cm³/mol. The summed E-state index contributed by atoms with van der Waals surface area (Å²) < 4.78 is 62.0. The molecular weight excluding hydrogens is 216 g/mol. The van der Waals surface area contributed by atoms with Gasteiger partial charge in [-0.05, 0) is 6.58 Å². The van der Waals surface area contributed by atoms with Gasteiger partial charge in [-0.15, -0.1) is 0 Å². The maximum absolute atomic E-state index is 9.84. The summed E-state index contributed by atoms with van der Waals surface area (Å²) in [6.07, 6.45) is 0. The highest BCUT2D eigenvalue weighted by molar-refractivity contribution is 7.81. The fourth-order valence-corrected chi connectivity index (χ4v) is 0.830. The lowest BCUT2D eigenvalue weighted by molar-refractivity contribution is 0.198. The Morgan fingerprint density at radius 2 is 1.25 bits per heavy atom. The molecule has 0 amide bonds. The molecule has 12 heavy (non-hydrogen) atoms. The van der Waals surface area contributed by atoms with Gasteiger partial charge in [0.25, 0.3) is 0 Å². The molecule has 0 aliphatic rings. The first-order valence-corrected chi connectivity index (χ1v) is 4.86. The highest BCUT2D eigenvalue weighted by atomic mass is 32.3. The Morgan fingerprint density at radius 1 is 1.00 bits per heavy atom. The van der Waals surface area contributed by atoms with Crippen LogP contribution < -0.4 is 0 Å². The van der Waals surface area contributed by atoms with Crippen molar-refractivity contribution in [2.75, 3.05) is 0 Å². The monoisotopic (exact) mass is 220 g/mol. The van der Waals surface area contributed by atoms with Crippen LogP contribution in [0.3, 0.4) is 0 Å². The smallest absolute Gasteiger partial charge is 0.325 e. The zero-order valence-electron chi connectivity index (χ0n) is 5.37. The average molecular weight is 220 g/mol. The summed E-state index contributed by atoms with van der Waals surface area (Å²) in [7, 11) is -9.79. The van der Waals surface area contributed by atoms with Gasteiger partial charge in [0, 0.05) is 0 Å². The van der Waals surface area contributed by atoms with Crippen LogP contribution in [0.4, 0.5) is 0 Å². The second-order valence-electron chi connectivity index (χ2n) is 1.39. The molecule has 0 saturated heterocycles. The van der Waals surface area contributed by atoms with E-state index in [9.17, 15) is 16.8 Å². The Hall–Kier alpha value is -0.840. The SMILES string of the molecule is C=C(OS(=O)(=O)O)OS(=O)(=O)O. The van der Waals surface area contributed by atoms with Crippen molar-refractivity contribution >= 4 is 20.8 Å². The molecule has 0 unspecified atom stereocenters. The first-order chi connectivity index (χ1) is 5.10. The summed E-state index contributed by atoms with van der Waals surface area (Å²) in [6, 6.07) is 0. The van der Waals surface area contributed by atoms with Gasteiger partial charge < -0.3 is 8.37 Å². The highest BCUT2D eigenvalue weighted by Crippen LogP contribution is 2.03. The van der Waals surface area contributed by atoms with E-state index in [1.807, 2.05) is 0 Å². The van der Waals surface area contributed by atoms with E-state index in [-0.39, 0.29) is 0 Å². The molecule has 0 aromatic heterocycles. The maximum Gasteiger partial charge on any atom is 0.449 e. The summed E-state index contributed by atoms with van der Waals surface area (Å²) in [6.45, 7) is 2.60. The van der Waals surface area contributed by atoms with E-state index < -0.39 is 26.7 Å². The molecule has 0 atom stereocenters. The fraction of sp³-hybridized carbons (Fsp3) is 0. The van der Waals surface area contributed by atoms with Crippen LogP contribution in [0.15, 0.2) is 12.5 Å². The zero-order chi connectivity index (χ0) is 9.99. The van der Waals surface area contributed by atoms with Crippen LogP contribution in [0.5, 0.6) is 0 Å². The molecule has 0 saturated carbocycles. The molecule has 72 valence electrons. The van der Waals surface area contributed by atoms with Gasteiger partial charge in [0.15, 0.2) is 0 Å². The van der Waals surface area contributed by atoms with E-state index in [4.69, 9.17) is 9.11 Å². The van der Waals surface area contributed by atoms with E-state index in [0.717, 1.165) is 0 Å². The Labute approximate surface area is 68.3 Å². The molecule has 0 aliphatic carbocycles. The van der Waals surface area contributed by atoms with Gasteiger partial charge in [0.1, 0.15) is 0 Å². The molecule has 0 bridgehead atoms. The van der Waals surface area contributed by atoms with E-state index in [1.54, 1.807) is 0 Å². The molecule has 0 aliphatic heterocycles. The van der Waals surface area contributed by atoms with Gasteiger partial charge in [-0.2, -0.15) is 16.8 Å². The molecule has 0 aromatic carbocycles. The molecular formula is C2H4O8S2. The van der Waals surface area contributed by atoms with Gasteiger partial charge in [-0.1, -0.05) is 0 Å². The van der Waals surface area contributed by atoms with Crippen molar-refractivity contribution < 1.29 is 34.3 Å². The number of rotatable bonds is 4. The lowest BCUT2D eigenvalue weighted by Crippen LogP contribution is -2.09. The maximum atomic E-state index is 9.84. The van der Waals surface area contributed by atoms with Gasteiger partial charge in [-0.25, -0.2) is 0 Å². The second kappa shape index (κ2) is 3.26. The summed E-state index contributed by atoms with van der Waals surface area (Å²) in [4.78, 5) is 0. The summed E-state index contributed by atoms with van der Waals surface area (Å²) in [5.74, 6) is -1.29. The molecule has 0 spiro atoms. The summed E-state index contributed by atoms with van der Waals surface area (Å²) in [5, 5.41) is 0. The molecule has 10 heteroatoms. The number of hydrogen-bond acceptors (Lipinski definition) is 6. The highest BCUT2D eigenvalue weighted by Gasteiger charge is 2.14. The average Bonchev–Trinajstić information content (AvgIpc) is 1.49. The van der Waals surface area contributed by atoms with E-state index in [0.29, 0.717) is 0 Å². The van der Waals surface area contributed by atoms with Crippen molar-refractivity contribution in [1.29, 1.82) is 0 Å². The van der Waals surface area contributed by atoms with E-state index >= 15 is 0 Å². The normalized spacial score (nSPS) is 12.2. The topological polar surface area (TPSA) is 127 Å². The lowest BCUT2D eigenvalue weighted by Gasteiger charge is -2.02. The van der Waals surface area contributed by atoms with Crippen LogP contribution in [0.25, 0.3) is 0 Å². The predicted octanol–water partition coefficient (Wildman–Crippen LogP) is -0.904. The second-order valence-corrected chi connectivity index (χ2v) is 3.44. The Kier molecular flexibility index (Phi) is 3.04. The third-order valence-electron chi connectivity index (χ3n) is 0.397. The van der Waals surface area contributed by atoms with Crippen molar-refractivity contribution in [3.05, 3.63) is 12.5 Å². The molecule has 0 radical (unpaired) electrons. The first-order valence-electron chi connectivity index (χ1n) is 2.13. The lowest BCUT2D eigenvalue weighted by atomic mass is 11.1. The van der Waals surface area contributed by atoms with Crippen molar-refractivity contribution in [2.45, 2.75) is 0 Å². The molecule has 0 heterocycles. The van der Waals surface area contributed by atoms with Crippen LogP contribution in [-0.2, 0) is 29.2 Å². The van der Waals surface area contributed by atoms with Crippen LogP contribution in [-0.4, -0.2) is 25.9 Å². The zero-order valence-corrected chi connectivity index (χ0v) is 7.00. The van der Waals surface area contributed by atoms with Crippen LogP contribution in [0.1, 0.15) is 0 Å². The third-order valence-corrected chi connectivity index (χ3v) is 1.19. The largest absolute Gasteiger partial charge is 0.449 e. The minimum absolute atomic E-state index is 1.29. The van der Waals surface area contributed by atoms with Crippen molar-refractivity contribution in [3.8, 4) is 0 Å². The van der Waals surface area contributed by atoms with Crippen LogP contribution in [0, 0.1) is 0 Å². The van der Waals surface area contributed by atoms with Gasteiger partial charge in [-0.3, -0.25) is 9.11 Å². The van der Waals surface area contributed by atoms with Crippen molar-refractivity contribution in [1.82, 2.24) is 0 Å². The van der Waals surface area contributed by atoms with Gasteiger partial charge in [0.2, 0.25) is 0 Å². The van der Waals surface area contributed by atoms with E-state index in [1.165, 1.54) is 0 Å². The summed E-state index contributed by atoms with van der Waals surface area (Å²) in [5.41, 5.74) is 0. The molecule has 0 aromatic rings. The Morgan fingerprint density at radius 3 is 1.42 bits per heavy atom. The first kappa shape index (κ1) is 11.2. The fourth-order valence-electron chi connectivity index (χ4n) is 0.249. The van der Waals surface area contributed by atoms with Crippen LogP contribution >= 0.6 is 0 Å². The molecule has 0 fully saturated rings. The van der Waals surface area contributed by atoms with Crippen molar-refractivity contribution in [3.63, 3.8) is 0 Å². The number of hydrogen-bond donors (Lipinski definition) is 2. The minimum Gasteiger partial charge on any atom is -0.325 e. The molecule has 0 rings (SSSR count). The molecule has 2 N–H and O–H groups in total. The minimum atomic E-state index is -4.90. The molecule has 8 nitrogen and oxygen atoms in total. The van der Waals surface area contributed by atoms with E-state index in [2.05, 4.69) is 14.9 Å². The standard InChI is InChI=1S/C2H4O8S2/c1-2(9-11(3,4)5)10-12(6,7)8/h1H2,(H,3,4,5)(H,6,7,8). The Bertz CT molecular complexity index is 322. The van der Waals surface area contributed by atoms with Crippen molar-refractivity contribution in [2.24, 2.45) is 0 Å². The third kappa shape index (κ3) is 7.27. The summed E-state index contributed by atoms with van der Waals surface area (Å²) >= 11 is 0. The quantitative estimate of drug-likeness (QED) is 0.460. The van der Waals surface area contributed by atoms with Gasteiger partial charge >= 0.3 is 26.7 Å².